The van der Waals surface area contributed by atoms with Crippen molar-refractivity contribution >= 4 is 163 Å². The van der Waals surface area contributed by atoms with Crippen LogP contribution in [0, 0.1) is 0 Å². The molecule has 0 fully saturated rings. The molecule has 3 aromatic heterocycles. The van der Waals surface area contributed by atoms with Crippen molar-refractivity contribution in [2.24, 2.45) is 0 Å². The van der Waals surface area contributed by atoms with Crippen LogP contribution in [0.4, 0.5) is 0 Å². The summed E-state index contributed by atoms with van der Waals surface area (Å²) in [7, 11) is 0. The van der Waals surface area contributed by atoms with Gasteiger partial charge in [0, 0.05) is 43.4 Å². The summed E-state index contributed by atoms with van der Waals surface area (Å²) in [5.74, 6) is 0. The Morgan fingerprint density at radius 2 is 0.333 bits per heavy atom. The number of fused-ring (bicyclic) bond motifs is 18. The summed E-state index contributed by atoms with van der Waals surface area (Å²) < 4.78 is 18.8. The fourth-order valence-electron chi connectivity index (χ4n) is 20.8. The van der Waals surface area contributed by atoms with Crippen LogP contribution in [0.5, 0.6) is 0 Å². The number of hydrogen-bond acceptors (Lipinski definition) is 3. The third-order valence-electron chi connectivity index (χ3n) is 26.6. The SMILES string of the molecule is c1ccc2c(-c3c4ccccc4c(-c4ccc(-c5ccc6oc7ccccc7c6c5)cc4)c4ccccc34)cccc2c1.c1ccc2c(-c3ccc(-c4c5ccccc5c(-c5ccc6oc7ccccc7c6c5)c5ccccc45)cc3)cccc2c1.c1ccc2c(-c3ccc(-c4c5ccccc5c(-c5cccc6c5oc5ccccc56)c5ccccc45)cc3)cccc2c1. The second-order valence-corrected chi connectivity index (χ2v) is 33.7. The van der Waals surface area contributed by atoms with Gasteiger partial charge in [-0.3, -0.25) is 0 Å². The van der Waals surface area contributed by atoms with Crippen LogP contribution < -0.4 is 0 Å². The molecule has 0 aliphatic heterocycles. The van der Waals surface area contributed by atoms with E-state index in [1.165, 1.54) is 192 Å². The first-order valence-electron chi connectivity index (χ1n) is 44.3. The zero-order valence-electron chi connectivity index (χ0n) is 70.3. The molecule has 0 unspecified atom stereocenters. The summed E-state index contributed by atoms with van der Waals surface area (Å²) >= 11 is 0. The zero-order valence-corrected chi connectivity index (χ0v) is 70.3. The van der Waals surface area contributed by atoms with Gasteiger partial charge in [-0.1, -0.05) is 431 Å². The zero-order chi connectivity index (χ0) is 85.0. The Morgan fingerprint density at radius 1 is 0.109 bits per heavy atom. The molecule has 24 aromatic carbocycles. The maximum absolute atomic E-state index is 6.54. The van der Waals surface area contributed by atoms with E-state index in [9.17, 15) is 0 Å². The molecule has 0 amide bonds. The van der Waals surface area contributed by atoms with Gasteiger partial charge in [0.15, 0.2) is 0 Å². The predicted octanol–water partition coefficient (Wildman–Crippen LogP) is 36.1. The molecular formula is C126H78O3. The normalized spacial score (nSPS) is 11.7. The molecule has 0 bridgehead atoms. The highest BCUT2D eigenvalue weighted by atomic mass is 16.3. The second kappa shape index (κ2) is 31.1. The summed E-state index contributed by atoms with van der Waals surface area (Å²) in [6, 6.07) is 170. The van der Waals surface area contributed by atoms with Gasteiger partial charge in [-0.05, 0) is 228 Å². The van der Waals surface area contributed by atoms with Gasteiger partial charge in [0.05, 0.1) is 0 Å². The van der Waals surface area contributed by atoms with Crippen LogP contribution in [0.15, 0.2) is 486 Å². The van der Waals surface area contributed by atoms with E-state index in [0.717, 1.165) is 71.4 Å². The fourth-order valence-corrected chi connectivity index (χ4v) is 20.8. The van der Waals surface area contributed by atoms with E-state index >= 15 is 0 Å². The first-order chi connectivity index (χ1) is 64.0. The molecule has 0 aliphatic carbocycles. The molecule has 0 saturated heterocycles. The summed E-state index contributed by atoms with van der Waals surface area (Å²) in [5.41, 5.74) is 27.7. The highest BCUT2D eigenvalue weighted by molar-refractivity contribution is 6.27. The van der Waals surface area contributed by atoms with Gasteiger partial charge in [0.1, 0.15) is 33.5 Å². The van der Waals surface area contributed by atoms with Crippen molar-refractivity contribution in [1.29, 1.82) is 0 Å². The monoisotopic (exact) mass is 1640 g/mol. The molecule has 129 heavy (non-hydrogen) atoms. The van der Waals surface area contributed by atoms with Crippen LogP contribution in [0.1, 0.15) is 0 Å². The predicted molar refractivity (Wildman–Crippen MR) is 548 cm³/mol. The fraction of sp³-hybridized carbons (Fsp3) is 0. The van der Waals surface area contributed by atoms with Crippen LogP contribution in [0.3, 0.4) is 0 Å². The first kappa shape index (κ1) is 74.6. The molecule has 0 radical (unpaired) electrons. The smallest absolute Gasteiger partial charge is 0.143 e. The molecule has 27 rings (SSSR count). The van der Waals surface area contributed by atoms with E-state index < -0.39 is 0 Å². The Kier molecular flexibility index (Phi) is 18.0. The Bertz CT molecular complexity index is 8980. The summed E-state index contributed by atoms with van der Waals surface area (Å²) in [6.45, 7) is 0. The largest absolute Gasteiger partial charge is 0.456 e. The summed E-state index contributed by atoms with van der Waals surface area (Å²) in [5, 5.41) is 29.5. The number of para-hydroxylation sites is 4. The lowest BCUT2D eigenvalue weighted by Crippen LogP contribution is -1.91. The summed E-state index contributed by atoms with van der Waals surface area (Å²) in [6.07, 6.45) is 0. The number of furan rings is 3. The van der Waals surface area contributed by atoms with E-state index in [0.29, 0.717) is 0 Å². The van der Waals surface area contributed by atoms with Gasteiger partial charge >= 0.3 is 0 Å². The molecule has 0 atom stereocenters. The minimum Gasteiger partial charge on any atom is -0.456 e. The van der Waals surface area contributed by atoms with Gasteiger partial charge < -0.3 is 13.3 Å². The molecule has 600 valence electrons. The molecule has 0 aliphatic rings. The minimum absolute atomic E-state index is 0.918. The second-order valence-electron chi connectivity index (χ2n) is 33.7. The van der Waals surface area contributed by atoms with Crippen molar-refractivity contribution < 1.29 is 13.3 Å². The Balaban J connectivity index is 0.000000105. The summed E-state index contributed by atoms with van der Waals surface area (Å²) in [4.78, 5) is 0. The van der Waals surface area contributed by atoms with Gasteiger partial charge in [0.2, 0.25) is 0 Å². The van der Waals surface area contributed by atoms with Crippen LogP contribution in [0.25, 0.3) is 263 Å². The van der Waals surface area contributed by atoms with Gasteiger partial charge in [-0.25, -0.2) is 0 Å². The van der Waals surface area contributed by atoms with E-state index in [1.807, 2.05) is 30.3 Å². The van der Waals surface area contributed by atoms with Gasteiger partial charge in [-0.2, -0.15) is 0 Å². The average molecular weight is 1640 g/mol. The third-order valence-corrected chi connectivity index (χ3v) is 26.6. The Hall–Kier alpha value is -17.0. The van der Waals surface area contributed by atoms with Crippen LogP contribution in [-0.4, -0.2) is 0 Å². The van der Waals surface area contributed by atoms with Gasteiger partial charge in [-0.15, -0.1) is 0 Å². The first-order valence-corrected chi connectivity index (χ1v) is 44.3. The molecule has 0 spiro atoms. The molecule has 0 N–H and O–H groups in total. The van der Waals surface area contributed by atoms with Crippen molar-refractivity contribution in [3.8, 4) is 100 Å². The van der Waals surface area contributed by atoms with Crippen molar-refractivity contribution in [3.63, 3.8) is 0 Å². The van der Waals surface area contributed by atoms with E-state index in [-0.39, 0.29) is 0 Å². The van der Waals surface area contributed by atoms with Crippen molar-refractivity contribution in [3.05, 3.63) is 473 Å². The maximum Gasteiger partial charge on any atom is 0.143 e. The van der Waals surface area contributed by atoms with E-state index in [4.69, 9.17) is 13.3 Å². The topological polar surface area (TPSA) is 39.4 Å². The molecule has 3 heterocycles. The third kappa shape index (κ3) is 12.6. The maximum atomic E-state index is 6.54. The van der Waals surface area contributed by atoms with Crippen LogP contribution >= 0.6 is 0 Å². The van der Waals surface area contributed by atoms with Crippen molar-refractivity contribution in [2.75, 3.05) is 0 Å². The van der Waals surface area contributed by atoms with Crippen molar-refractivity contribution in [1.82, 2.24) is 0 Å². The number of benzene rings is 24. The van der Waals surface area contributed by atoms with E-state index in [1.54, 1.807) is 0 Å². The minimum atomic E-state index is 0.918. The van der Waals surface area contributed by atoms with E-state index in [2.05, 4.69) is 443 Å². The Labute approximate surface area is 744 Å². The van der Waals surface area contributed by atoms with Crippen molar-refractivity contribution in [2.45, 2.75) is 0 Å². The van der Waals surface area contributed by atoms with Crippen LogP contribution in [-0.2, 0) is 0 Å². The van der Waals surface area contributed by atoms with Crippen LogP contribution in [0.2, 0.25) is 0 Å². The lowest BCUT2D eigenvalue weighted by Gasteiger charge is -2.19. The molecule has 3 heteroatoms. The average Bonchev–Trinajstić information content (AvgIpc) is 1.69. The lowest BCUT2D eigenvalue weighted by atomic mass is 9.84. The standard InChI is InChI=1S/3C42H26O/c1-2-13-30-27(11-1)12-9-19-31(30)28-23-25-29(26-24-28)40-33-15-3-5-17-35(33)41(36-18-6-4-16-34(36)40)38-21-10-20-37-32-14-7-8-22-39(32)43-42(37)38;1-2-12-31-28(10-1)11-9-18-33(31)42-36-16-5-3-14-34(36)41(35-15-4-6-17-37(35)42)29-22-20-27(21-23-29)30-24-25-40-38(26-30)32-13-7-8-19-39(32)43-40;1-2-12-31-27(10-1)11-9-18-32(31)28-20-22-29(23-21-28)41-34-14-3-5-16-36(34)42(37-17-6-4-15-35(37)41)30-24-25-40-38(26-30)33-13-7-8-19-39(33)43-40/h3*1-26H. The highest BCUT2D eigenvalue weighted by Gasteiger charge is 2.25. The molecule has 0 saturated carbocycles. The van der Waals surface area contributed by atoms with Gasteiger partial charge in [0.25, 0.3) is 0 Å². The quantitative estimate of drug-likeness (QED) is 0.135. The highest BCUT2D eigenvalue weighted by Crippen LogP contribution is 2.51. The number of rotatable bonds is 9. The lowest BCUT2D eigenvalue weighted by molar-refractivity contribution is 0.668. The number of hydrogen-bond donors (Lipinski definition) is 0. The Morgan fingerprint density at radius 3 is 0.721 bits per heavy atom. The molecule has 3 nitrogen and oxygen atoms in total. The molecular weight excluding hydrogens is 1560 g/mol. The molecule has 27 aromatic rings.